The van der Waals surface area contributed by atoms with Crippen molar-refractivity contribution >= 4 is 11.6 Å². The van der Waals surface area contributed by atoms with Crippen LogP contribution in [0.5, 0.6) is 0 Å². The Balaban J connectivity index is 1.80. The van der Waals surface area contributed by atoms with Crippen LogP contribution in [0.3, 0.4) is 0 Å². The Morgan fingerprint density at radius 2 is 2.00 bits per heavy atom. The third-order valence-corrected chi connectivity index (χ3v) is 4.08. The van der Waals surface area contributed by atoms with Crippen molar-refractivity contribution in [2.45, 2.75) is 51.0 Å². The van der Waals surface area contributed by atoms with E-state index in [4.69, 9.17) is 16.3 Å². The van der Waals surface area contributed by atoms with Gasteiger partial charge < -0.3 is 10.1 Å². The van der Waals surface area contributed by atoms with E-state index in [0.29, 0.717) is 5.92 Å². The number of hydrogen-bond donors (Lipinski definition) is 1. The maximum absolute atomic E-state index is 5.98. The van der Waals surface area contributed by atoms with E-state index >= 15 is 0 Å². The molecule has 0 bridgehead atoms. The Morgan fingerprint density at radius 1 is 1.25 bits per heavy atom. The highest BCUT2D eigenvalue weighted by Gasteiger charge is 2.22. The summed E-state index contributed by atoms with van der Waals surface area (Å²) in [6.07, 6.45) is 6.10. The lowest BCUT2D eigenvalue weighted by atomic mass is 9.96. The second-order valence-electron chi connectivity index (χ2n) is 5.69. The van der Waals surface area contributed by atoms with E-state index in [1.54, 1.807) is 0 Å². The predicted molar refractivity (Wildman–Crippen MR) is 85.6 cm³/mol. The molecular formula is C17H26ClNO. The molecule has 1 aromatic carbocycles. The first kappa shape index (κ1) is 15.8. The molecule has 0 spiro atoms. The summed E-state index contributed by atoms with van der Waals surface area (Å²) in [5.41, 5.74) is 1.36. The van der Waals surface area contributed by atoms with E-state index < -0.39 is 0 Å². The van der Waals surface area contributed by atoms with Gasteiger partial charge in [0.05, 0.1) is 0 Å². The number of ether oxygens (including phenoxy) is 1. The van der Waals surface area contributed by atoms with Crippen LogP contribution in [0.2, 0.25) is 5.02 Å². The molecule has 0 radical (unpaired) electrons. The van der Waals surface area contributed by atoms with Gasteiger partial charge in [0.15, 0.2) is 0 Å². The molecule has 112 valence electrons. The highest BCUT2D eigenvalue weighted by atomic mass is 35.5. The summed E-state index contributed by atoms with van der Waals surface area (Å²) in [7, 11) is 0. The van der Waals surface area contributed by atoms with E-state index in [9.17, 15) is 0 Å². The molecule has 1 fully saturated rings. The van der Waals surface area contributed by atoms with Crippen LogP contribution in [0.15, 0.2) is 24.3 Å². The van der Waals surface area contributed by atoms with Crippen LogP contribution in [-0.2, 0) is 4.74 Å². The van der Waals surface area contributed by atoms with Crippen LogP contribution in [0, 0.1) is 0 Å². The number of benzene rings is 1. The molecule has 1 unspecified atom stereocenters. The maximum Gasteiger partial charge on any atom is 0.0472 e. The van der Waals surface area contributed by atoms with Crippen LogP contribution in [0.4, 0.5) is 0 Å². The molecule has 1 aliphatic carbocycles. The Hall–Kier alpha value is -0.570. The average Bonchev–Trinajstić information content (AvgIpc) is 3.27. The zero-order valence-electron chi connectivity index (χ0n) is 12.4. The monoisotopic (exact) mass is 295 g/mol. The van der Waals surface area contributed by atoms with Gasteiger partial charge in [-0.2, -0.15) is 0 Å². The predicted octanol–water partition coefficient (Wildman–Crippen LogP) is 4.38. The van der Waals surface area contributed by atoms with Crippen molar-refractivity contribution in [1.82, 2.24) is 5.32 Å². The zero-order chi connectivity index (χ0) is 14.2. The van der Waals surface area contributed by atoms with E-state index in [1.807, 2.05) is 12.1 Å². The van der Waals surface area contributed by atoms with Gasteiger partial charge in [-0.25, -0.2) is 0 Å². The van der Waals surface area contributed by atoms with Crippen LogP contribution in [-0.4, -0.2) is 25.8 Å². The molecule has 2 nitrogen and oxygen atoms in total. The smallest absolute Gasteiger partial charge is 0.0472 e. The van der Waals surface area contributed by atoms with Gasteiger partial charge in [-0.15, -0.1) is 0 Å². The van der Waals surface area contributed by atoms with Crippen molar-refractivity contribution in [2.24, 2.45) is 0 Å². The quantitative estimate of drug-likeness (QED) is 0.647. The molecule has 0 heterocycles. The summed E-state index contributed by atoms with van der Waals surface area (Å²) in [6.45, 7) is 4.97. The summed E-state index contributed by atoms with van der Waals surface area (Å²) in [5, 5.41) is 4.44. The number of unbranched alkanes of at least 4 members (excludes halogenated alkanes) is 1. The van der Waals surface area contributed by atoms with Crippen molar-refractivity contribution in [3.05, 3.63) is 34.9 Å². The molecule has 0 aromatic heterocycles. The van der Waals surface area contributed by atoms with Crippen molar-refractivity contribution in [3.63, 3.8) is 0 Å². The number of halogens is 1. The van der Waals surface area contributed by atoms with Gasteiger partial charge in [0.1, 0.15) is 0 Å². The third-order valence-electron chi connectivity index (χ3n) is 3.82. The lowest BCUT2D eigenvalue weighted by Crippen LogP contribution is -2.24. The molecule has 3 heteroatoms. The maximum atomic E-state index is 5.98. The SMILES string of the molecule is CCCCOCCC(CNC1CC1)c1ccc(Cl)cc1. The Morgan fingerprint density at radius 3 is 2.65 bits per heavy atom. The van der Waals surface area contributed by atoms with Crippen LogP contribution in [0.1, 0.15) is 50.5 Å². The topological polar surface area (TPSA) is 21.3 Å². The van der Waals surface area contributed by atoms with E-state index in [1.165, 1.54) is 24.8 Å². The number of rotatable bonds is 10. The lowest BCUT2D eigenvalue weighted by Gasteiger charge is -2.18. The van der Waals surface area contributed by atoms with Gasteiger partial charge in [-0.05, 0) is 49.3 Å². The summed E-state index contributed by atoms with van der Waals surface area (Å²) in [4.78, 5) is 0. The average molecular weight is 296 g/mol. The fourth-order valence-electron chi connectivity index (χ4n) is 2.29. The van der Waals surface area contributed by atoms with Gasteiger partial charge in [-0.3, -0.25) is 0 Å². The molecule has 0 saturated heterocycles. The van der Waals surface area contributed by atoms with E-state index in [-0.39, 0.29) is 0 Å². The van der Waals surface area contributed by atoms with Gasteiger partial charge in [0.2, 0.25) is 0 Å². The highest BCUT2D eigenvalue weighted by molar-refractivity contribution is 6.30. The van der Waals surface area contributed by atoms with Gasteiger partial charge in [0, 0.05) is 30.8 Å². The molecule has 20 heavy (non-hydrogen) atoms. The fourth-order valence-corrected chi connectivity index (χ4v) is 2.42. The van der Waals surface area contributed by atoms with Gasteiger partial charge in [0.25, 0.3) is 0 Å². The lowest BCUT2D eigenvalue weighted by molar-refractivity contribution is 0.124. The van der Waals surface area contributed by atoms with Crippen LogP contribution >= 0.6 is 11.6 Å². The third kappa shape index (κ3) is 5.82. The van der Waals surface area contributed by atoms with Crippen molar-refractivity contribution in [2.75, 3.05) is 19.8 Å². The molecule has 1 saturated carbocycles. The summed E-state index contributed by atoms with van der Waals surface area (Å²) in [6, 6.07) is 9.02. The molecule has 0 aliphatic heterocycles. The normalized spacial score (nSPS) is 16.3. The second-order valence-corrected chi connectivity index (χ2v) is 6.12. The molecule has 0 amide bonds. The first-order chi connectivity index (χ1) is 9.79. The minimum atomic E-state index is 0.523. The summed E-state index contributed by atoms with van der Waals surface area (Å²) in [5.74, 6) is 0.523. The second kappa shape index (κ2) is 8.66. The van der Waals surface area contributed by atoms with E-state index in [0.717, 1.165) is 43.7 Å². The van der Waals surface area contributed by atoms with Gasteiger partial charge >= 0.3 is 0 Å². The standard InChI is InChI=1S/C17H26ClNO/c1-2-3-11-20-12-10-15(13-19-17-8-9-17)14-4-6-16(18)7-5-14/h4-7,15,17,19H,2-3,8-13H2,1H3. The number of nitrogens with one attached hydrogen (secondary N) is 1. The molecular weight excluding hydrogens is 270 g/mol. The Kier molecular flexibility index (Phi) is 6.85. The van der Waals surface area contributed by atoms with E-state index in [2.05, 4.69) is 24.4 Å². The Labute approximate surface area is 127 Å². The van der Waals surface area contributed by atoms with Crippen LogP contribution in [0.25, 0.3) is 0 Å². The van der Waals surface area contributed by atoms with Gasteiger partial charge in [-0.1, -0.05) is 37.1 Å². The summed E-state index contributed by atoms with van der Waals surface area (Å²) < 4.78 is 5.72. The Bertz CT molecular complexity index is 375. The molecule has 2 rings (SSSR count). The first-order valence-electron chi connectivity index (χ1n) is 7.86. The zero-order valence-corrected chi connectivity index (χ0v) is 13.2. The number of hydrogen-bond acceptors (Lipinski definition) is 2. The molecule has 1 atom stereocenters. The molecule has 1 aromatic rings. The highest BCUT2D eigenvalue weighted by Crippen LogP contribution is 2.24. The minimum absolute atomic E-state index is 0.523. The van der Waals surface area contributed by atoms with Crippen molar-refractivity contribution < 1.29 is 4.74 Å². The van der Waals surface area contributed by atoms with Crippen LogP contribution < -0.4 is 5.32 Å². The van der Waals surface area contributed by atoms with Crippen molar-refractivity contribution in [1.29, 1.82) is 0 Å². The van der Waals surface area contributed by atoms with Crippen molar-refractivity contribution in [3.8, 4) is 0 Å². The fraction of sp³-hybridized carbons (Fsp3) is 0.647. The summed E-state index contributed by atoms with van der Waals surface area (Å²) >= 11 is 5.98. The minimum Gasteiger partial charge on any atom is -0.381 e. The first-order valence-corrected chi connectivity index (χ1v) is 8.24. The molecule has 1 N–H and O–H groups in total. The molecule has 1 aliphatic rings. The largest absolute Gasteiger partial charge is 0.381 e.